The van der Waals surface area contributed by atoms with Crippen molar-refractivity contribution < 1.29 is 9.53 Å². The second kappa shape index (κ2) is 11.0. The Kier molecular flexibility index (Phi) is 7.49. The SMILES string of the molecule is CCOc1ccc(-n2c(C(C)N3CCN(C(=O)c4ccc(Cl)cc4)C(C)C3)nc3ccccc3c2=O)cc1. The number of hydrogen-bond donors (Lipinski definition) is 0. The highest BCUT2D eigenvalue weighted by Gasteiger charge is 2.32. The van der Waals surface area contributed by atoms with Crippen molar-refractivity contribution in [3.05, 3.63) is 99.6 Å². The Labute approximate surface area is 227 Å². The molecule has 7 nitrogen and oxygen atoms in total. The molecule has 8 heteroatoms. The summed E-state index contributed by atoms with van der Waals surface area (Å²) in [5.41, 5.74) is 1.93. The summed E-state index contributed by atoms with van der Waals surface area (Å²) in [6, 6.07) is 21.8. The van der Waals surface area contributed by atoms with Crippen LogP contribution in [0.1, 0.15) is 43.0 Å². The Bertz CT molecular complexity index is 1500. The zero-order chi connectivity index (χ0) is 26.8. The average Bonchev–Trinajstić information content (AvgIpc) is 2.93. The second-order valence-electron chi connectivity index (χ2n) is 9.58. The molecule has 3 aromatic carbocycles. The van der Waals surface area contributed by atoms with Gasteiger partial charge in [0, 0.05) is 36.3 Å². The van der Waals surface area contributed by atoms with Crippen LogP contribution in [0.3, 0.4) is 0 Å². The fraction of sp³-hybridized carbons (Fsp3) is 0.300. The fourth-order valence-corrected chi connectivity index (χ4v) is 5.22. The Hall–Kier alpha value is -3.68. The molecule has 2 atom stereocenters. The van der Waals surface area contributed by atoms with Gasteiger partial charge in [0.25, 0.3) is 11.5 Å². The lowest BCUT2D eigenvalue weighted by atomic mass is 10.1. The maximum atomic E-state index is 13.7. The van der Waals surface area contributed by atoms with Gasteiger partial charge in [0.15, 0.2) is 0 Å². The van der Waals surface area contributed by atoms with Gasteiger partial charge in [-0.2, -0.15) is 0 Å². The molecule has 38 heavy (non-hydrogen) atoms. The first kappa shape index (κ1) is 25.9. The van der Waals surface area contributed by atoms with Crippen LogP contribution in [-0.2, 0) is 0 Å². The number of hydrogen-bond acceptors (Lipinski definition) is 5. The molecule has 1 saturated heterocycles. The molecule has 2 unspecified atom stereocenters. The Morgan fingerprint density at radius 2 is 1.76 bits per heavy atom. The Morgan fingerprint density at radius 1 is 1.05 bits per heavy atom. The van der Waals surface area contributed by atoms with Crippen molar-refractivity contribution in [2.24, 2.45) is 0 Å². The molecule has 1 aromatic heterocycles. The molecule has 2 heterocycles. The van der Waals surface area contributed by atoms with Gasteiger partial charge in [0.2, 0.25) is 0 Å². The molecule has 5 rings (SSSR count). The number of rotatable bonds is 6. The van der Waals surface area contributed by atoms with Gasteiger partial charge in [-0.1, -0.05) is 23.7 Å². The van der Waals surface area contributed by atoms with Crippen LogP contribution < -0.4 is 10.3 Å². The lowest BCUT2D eigenvalue weighted by Gasteiger charge is -2.42. The average molecular weight is 531 g/mol. The van der Waals surface area contributed by atoms with E-state index in [-0.39, 0.29) is 23.6 Å². The second-order valence-corrected chi connectivity index (χ2v) is 10.0. The summed E-state index contributed by atoms with van der Waals surface area (Å²) in [4.78, 5) is 36.1. The van der Waals surface area contributed by atoms with E-state index >= 15 is 0 Å². The van der Waals surface area contributed by atoms with E-state index in [1.807, 2.05) is 60.4 Å². The number of carbonyl (C=O) groups excluding carboxylic acids is 1. The van der Waals surface area contributed by atoms with E-state index in [2.05, 4.69) is 18.7 Å². The van der Waals surface area contributed by atoms with Crippen molar-refractivity contribution in [1.82, 2.24) is 19.4 Å². The summed E-state index contributed by atoms with van der Waals surface area (Å²) in [6.07, 6.45) is 0. The third-order valence-electron chi connectivity index (χ3n) is 7.14. The fourth-order valence-electron chi connectivity index (χ4n) is 5.10. The Morgan fingerprint density at radius 3 is 2.45 bits per heavy atom. The number of para-hydroxylation sites is 1. The lowest BCUT2D eigenvalue weighted by Crippen LogP contribution is -2.54. The van der Waals surface area contributed by atoms with E-state index in [0.717, 1.165) is 11.4 Å². The summed E-state index contributed by atoms with van der Waals surface area (Å²) >= 11 is 6.00. The minimum Gasteiger partial charge on any atom is -0.494 e. The normalized spacial score (nSPS) is 16.9. The van der Waals surface area contributed by atoms with Gasteiger partial charge in [-0.05, 0) is 81.4 Å². The van der Waals surface area contributed by atoms with E-state index in [1.165, 1.54) is 0 Å². The number of amides is 1. The third-order valence-corrected chi connectivity index (χ3v) is 7.39. The van der Waals surface area contributed by atoms with Gasteiger partial charge in [-0.25, -0.2) is 4.98 Å². The highest BCUT2D eigenvalue weighted by atomic mass is 35.5. The van der Waals surface area contributed by atoms with Crippen LogP contribution in [0.25, 0.3) is 16.6 Å². The van der Waals surface area contributed by atoms with E-state index < -0.39 is 0 Å². The molecule has 1 amide bonds. The first-order chi connectivity index (χ1) is 18.4. The maximum Gasteiger partial charge on any atom is 0.266 e. The predicted molar refractivity (Wildman–Crippen MR) is 150 cm³/mol. The number of halogens is 1. The standard InChI is InChI=1S/C30H31ClN4O3/c1-4-38-25-15-13-24(14-16-25)35-28(32-27-8-6-5-7-26(27)30(35)37)21(3)33-17-18-34(20(2)19-33)29(36)22-9-11-23(31)12-10-22/h5-16,20-21H,4,17-19H2,1-3H3. The topological polar surface area (TPSA) is 67.7 Å². The van der Waals surface area contributed by atoms with Gasteiger partial charge >= 0.3 is 0 Å². The minimum absolute atomic E-state index is 0.00315. The summed E-state index contributed by atoms with van der Waals surface area (Å²) in [5.74, 6) is 1.42. The summed E-state index contributed by atoms with van der Waals surface area (Å²) in [6.45, 7) is 8.54. The molecule has 196 valence electrons. The zero-order valence-corrected chi connectivity index (χ0v) is 22.6. The number of carbonyl (C=O) groups is 1. The predicted octanol–water partition coefficient (Wildman–Crippen LogP) is 5.35. The van der Waals surface area contributed by atoms with Gasteiger partial charge in [0.05, 0.1) is 29.2 Å². The quantitative estimate of drug-likeness (QED) is 0.336. The molecule has 1 fully saturated rings. The monoisotopic (exact) mass is 530 g/mol. The molecule has 4 aromatic rings. The van der Waals surface area contributed by atoms with Gasteiger partial charge < -0.3 is 9.64 Å². The number of ether oxygens (including phenoxy) is 1. The number of benzene rings is 3. The first-order valence-electron chi connectivity index (χ1n) is 12.9. The maximum absolute atomic E-state index is 13.7. The van der Waals surface area contributed by atoms with Crippen molar-refractivity contribution >= 4 is 28.4 Å². The summed E-state index contributed by atoms with van der Waals surface area (Å²) < 4.78 is 7.31. The van der Waals surface area contributed by atoms with E-state index in [1.54, 1.807) is 28.8 Å². The van der Waals surface area contributed by atoms with Crippen LogP contribution in [-0.4, -0.2) is 57.5 Å². The molecule has 1 aliphatic heterocycles. The Balaban J connectivity index is 1.46. The van der Waals surface area contributed by atoms with Gasteiger partial charge in [-0.3, -0.25) is 19.1 Å². The molecule has 0 spiro atoms. The minimum atomic E-state index is -0.158. The molecule has 0 N–H and O–H groups in total. The van der Waals surface area contributed by atoms with Crippen LogP contribution in [0.2, 0.25) is 5.02 Å². The molecule has 0 saturated carbocycles. The van der Waals surface area contributed by atoms with Crippen molar-refractivity contribution in [3.63, 3.8) is 0 Å². The molecule has 0 radical (unpaired) electrons. The molecular formula is C30H31ClN4O3. The third kappa shape index (κ3) is 5.04. The van der Waals surface area contributed by atoms with Gasteiger partial charge in [-0.15, -0.1) is 0 Å². The number of nitrogens with zero attached hydrogens (tertiary/aromatic N) is 4. The van der Waals surface area contributed by atoms with Crippen molar-refractivity contribution in [1.29, 1.82) is 0 Å². The van der Waals surface area contributed by atoms with Crippen LogP contribution >= 0.6 is 11.6 Å². The van der Waals surface area contributed by atoms with Crippen molar-refractivity contribution in [2.45, 2.75) is 32.9 Å². The van der Waals surface area contributed by atoms with E-state index in [0.29, 0.717) is 53.6 Å². The van der Waals surface area contributed by atoms with E-state index in [9.17, 15) is 9.59 Å². The summed E-state index contributed by atoms with van der Waals surface area (Å²) in [7, 11) is 0. The largest absolute Gasteiger partial charge is 0.494 e. The summed E-state index contributed by atoms with van der Waals surface area (Å²) in [5, 5.41) is 1.18. The lowest BCUT2D eigenvalue weighted by molar-refractivity contribution is 0.0394. The van der Waals surface area contributed by atoms with Crippen LogP contribution in [0.4, 0.5) is 0 Å². The van der Waals surface area contributed by atoms with Gasteiger partial charge in [0.1, 0.15) is 11.6 Å². The zero-order valence-electron chi connectivity index (χ0n) is 21.8. The molecule has 0 aliphatic carbocycles. The number of aromatic nitrogens is 2. The highest BCUT2D eigenvalue weighted by molar-refractivity contribution is 6.30. The smallest absolute Gasteiger partial charge is 0.266 e. The molecular weight excluding hydrogens is 500 g/mol. The highest BCUT2D eigenvalue weighted by Crippen LogP contribution is 2.27. The van der Waals surface area contributed by atoms with Crippen molar-refractivity contribution in [3.8, 4) is 11.4 Å². The van der Waals surface area contributed by atoms with Crippen LogP contribution in [0.5, 0.6) is 5.75 Å². The van der Waals surface area contributed by atoms with Crippen molar-refractivity contribution in [2.75, 3.05) is 26.2 Å². The molecule has 0 bridgehead atoms. The number of fused-ring (bicyclic) bond motifs is 1. The number of piperazine rings is 1. The first-order valence-corrected chi connectivity index (χ1v) is 13.3. The van der Waals surface area contributed by atoms with E-state index in [4.69, 9.17) is 21.3 Å². The van der Waals surface area contributed by atoms with Crippen LogP contribution in [0, 0.1) is 0 Å². The molecule has 1 aliphatic rings. The van der Waals surface area contributed by atoms with Crippen LogP contribution in [0.15, 0.2) is 77.6 Å².